The fourth-order valence-corrected chi connectivity index (χ4v) is 2.14. The van der Waals surface area contributed by atoms with Crippen LogP contribution in [0.3, 0.4) is 0 Å². The average molecular weight is 243 g/mol. The monoisotopic (exact) mass is 242 g/mol. The normalized spacial score (nSPS) is 10.5. The second-order valence-electron chi connectivity index (χ2n) is 4.44. The second kappa shape index (κ2) is 5.42. The topological polar surface area (TPSA) is 0 Å². The van der Waals surface area contributed by atoms with Crippen molar-refractivity contribution in [3.63, 3.8) is 0 Å². The van der Waals surface area contributed by atoms with Gasteiger partial charge in [-0.25, -0.2) is 0 Å². The third-order valence-electron chi connectivity index (χ3n) is 3.03. The van der Waals surface area contributed by atoms with Crippen LogP contribution in [-0.2, 0) is 12.8 Å². The van der Waals surface area contributed by atoms with Crippen molar-refractivity contribution in [2.24, 2.45) is 0 Å². The molecule has 0 saturated heterocycles. The van der Waals surface area contributed by atoms with E-state index in [-0.39, 0.29) is 0 Å². The van der Waals surface area contributed by atoms with Gasteiger partial charge in [0.15, 0.2) is 0 Å². The lowest BCUT2D eigenvalue weighted by Crippen LogP contribution is -2.03. The maximum absolute atomic E-state index is 6.20. The van der Waals surface area contributed by atoms with Gasteiger partial charge in [-0.2, -0.15) is 0 Å². The van der Waals surface area contributed by atoms with Gasteiger partial charge in [-0.05, 0) is 35.6 Å². The first kappa shape index (κ1) is 12.3. The highest BCUT2D eigenvalue weighted by Gasteiger charge is 2.02. The quantitative estimate of drug-likeness (QED) is 0.726. The van der Waals surface area contributed by atoms with E-state index < -0.39 is 0 Å². The molecule has 0 N–H and O–H groups in total. The van der Waals surface area contributed by atoms with E-state index in [0.29, 0.717) is 0 Å². The fourth-order valence-electron chi connectivity index (χ4n) is 1.95. The predicted octanol–water partition coefficient (Wildman–Crippen LogP) is 2.75. The highest BCUT2D eigenvalue weighted by molar-refractivity contribution is 6.34. The van der Waals surface area contributed by atoms with Crippen molar-refractivity contribution >= 4 is 24.9 Å². The first-order valence-electron chi connectivity index (χ1n) is 6.02. The summed E-state index contributed by atoms with van der Waals surface area (Å²) in [6, 6.07) is 15.0. The van der Waals surface area contributed by atoms with Crippen LogP contribution in [-0.4, -0.2) is 7.85 Å². The van der Waals surface area contributed by atoms with Gasteiger partial charge in [0.2, 0.25) is 0 Å². The van der Waals surface area contributed by atoms with Crippen molar-refractivity contribution in [3.8, 4) is 0 Å². The lowest BCUT2D eigenvalue weighted by Gasteiger charge is -2.06. The van der Waals surface area contributed by atoms with Crippen LogP contribution >= 0.6 is 11.6 Å². The molecule has 0 aliphatic heterocycles. The van der Waals surface area contributed by atoms with Gasteiger partial charge in [0.05, 0.1) is 0 Å². The van der Waals surface area contributed by atoms with E-state index in [2.05, 4.69) is 45.1 Å². The molecule has 2 rings (SSSR count). The number of aryl methyl sites for hydroxylation is 1. The summed E-state index contributed by atoms with van der Waals surface area (Å²) in [6.45, 7) is 2.17. The molecule has 0 aliphatic carbocycles. The van der Waals surface area contributed by atoms with Gasteiger partial charge in [0, 0.05) is 5.02 Å². The molecule has 0 atom stereocenters. The molecule has 0 saturated carbocycles. The number of halogens is 1. The van der Waals surface area contributed by atoms with Crippen molar-refractivity contribution in [1.82, 2.24) is 0 Å². The van der Waals surface area contributed by atoms with Crippen LogP contribution in [0, 0.1) is 0 Å². The Bertz CT molecular complexity index is 503. The number of hydrogen-bond acceptors (Lipinski definition) is 0. The van der Waals surface area contributed by atoms with Crippen LogP contribution in [0.2, 0.25) is 5.02 Å². The molecule has 2 aromatic carbocycles. The zero-order valence-corrected chi connectivity index (χ0v) is 11.1. The molecule has 2 heteroatoms. The van der Waals surface area contributed by atoms with Crippen molar-refractivity contribution in [2.45, 2.75) is 19.8 Å². The van der Waals surface area contributed by atoms with Crippen molar-refractivity contribution in [3.05, 3.63) is 64.2 Å². The van der Waals surface area contributed by atoms with E-state index >= 15 is 0 Å². The van der Waals surface area contributed by atoms with Crippen molar-refractivity contribution in [2.75, 3.05) is 0 Å². The third-order valence-corrected chi connectivity index (χ3v) is 3.40. The van der Waals surface area contributed by atoms with E-state index in [1.54, 1.807) is 0 Å². The number of rotatable bonds is 3. The Morgan fingerprint density at radius 2 is 1.65 bits per heavy atom. The first-order valence-corrected chi connectivity index (χ1v) is 6.39. The fraction of sp³-hybridized carbons (Fsp3) is 0.200. The molecular formula is C15H16BCl. The molecule has 2 aromatic rings. The smallest absolute Gasteiger partial charge is 0.0886 e. The summed E-state index contributed by atoms with van der Waals surface area (Å²) in [5, 5.41) is 0.857. The van der Waals surface area contributed by atoms with Gasteiger partial charge >= 0.3 is 0 Å². The molecule has 0 amide bonds. The third kappa shape index (κ3) is 3.14. The van der Waals surface area contributed by atoms with Gasteiger partial charge in [-0.1, -0.05) is 60.4 Å². The minimum absolute atomic E-state index is 0.857. The molecule has 0 heterocycles. The lowest BCUT2D eigenvalue weighted by atomic mass is 9.92. The molecule has 0 aromatic heterocycles. The zero-order chi connectivity index (χ0) is 12.3. The molecule has 0 radical (unpaired) electrons. The van der Waals surface area contributed by atoms with E-state index in [1.165, 1.54) is 22.2 Å². The summed E-state index contributed by atoms with van der Waals surface area (Å²) in [5.41, 5.74) is 5.16. The van der Waals surface area contributed by atoms with Gasteiger partial charge in [0.1, 0.15) is 7.85 Å². The second-order valence-corrected chi connectivity index (χ2v) is 4.85. The molecule has 86 valence electrons. The summed E-state index contributed by atoms with van der Waals surface area (Å²) in [7, 11) is 2.10. The van der Waals surface area contributed by atoms with Crippen LogP contribution in [0.5, 0.6) is 0 Å². The van der Waals surface area contributed by atoms with E-state index in [1.807, 2.05) is 12.1 Å². The Hall–Kier alpha value is -1.21. The minimum atomic E-state index is 0.857. The van der Waals surface area contributed by atoms with Crippen molar-refractivity contribution in [1.29, 1.82) is 0 Å². The maximum Gasteiger partial charge on any atom is 0.139 e. The molecule has 0 fully saturated rings. The SMILES string of the molecule is Bc1ccc(Cl)c(Cc2ccc(CC)cc2)c1. The Morgan fingerprint density at radius 3 is 2.29 bits per heavy atom. The summed E-state index contributed by atoms with van der Waals surface area (Å²) < 4.78 is 0. The Balaban J connectivity index is 2.22. The standard InChI is InChI=1S/C15H16BCl/c1-2-11-3-5-12(6-4-11)9-13-10-14(16)7-8-15(13)17/h3-8,10H,2,9,16H2,1H3. The maximum atomic E-state index is 6.20. The van der Waals surface area contributed by atoms with E-state index in [4.69, 9.17) is 11.6 Å². The van der Waals surface area contributed by atoms with Crippen LogP contribution < -0.4 is 5.46 Å². The Morgan fingerprint density at radius 1 is 1.00 bits per heavy atom. The lowest BCUT2D eigenvalue weighted by molar-refractivity contribution is 1.12. The first-order chi connectivity index (χ1) is 8.19. The van der Waals surface area contributed by atoms with Crippen LogP contribution in [0.15, 0.2) is 42.5 Å². The highest BCUT2D eigenvalue weighted by Crippen LogP contribution is 2.18. The predicted molar refractivity (Wildman–Crippen MR) is 78.3 cm³/mol. The van der Waals surface area contributed by atoms with Crippen LogP contribution in [0.25, 0.3) is 0 Å². The largest absolute Gasteiger partial charge is 0.139 e. The van der Waals surface area contributed by atoms with Gasteiger partial charge in [0.25, 0.3) is 0 Å². The van der Waals surface area contributed by atoms with Crippen LogP contribution in [0.1, 0.15) is 23.6 Å². The summed E-state index contributed by atoms with van der Waals surface area (Å²) in [5.74, 6) is 0. The molecule has 0 unspecified atom stereocenters. The molecule has 0 bridgehead atoms. The van der Waals surface area contributed by atoms with E-state index in [0.717, 1.165) is 17.9 Å². The van der Waals surface area contributed by atoms with E-state index in [9.17, 15) is 0 Å². The number of benzene rings is 2. The Labute approximate surface area is 109 Å². The van der Waals surface area contributed by atoms with Gasteiger partial charge in [-0.15, -0.1) is 0 Å². The Kier molecular flexibility index (Phi) is 3.91. The number of hydrogen-bond donors (Lipinski definition) is 0. The van der Waals surface area contributed by atoms with Gasteiger partial charge in [-0.3, -0.25) is 0 Å². The minimum Gasteiger partial charge on any atom is -0.0886 e. The summed E-state index contributed by atoms with van der Waals surface area (Å²) in [6.07, 6.45) is 2.00. The molecule has 0 spiro atoms. The van der Waals surface area contributed by atoms with Crippen molar-refractivity contribution < 1.29 is 0 Å². The molecule has 0 nitrogen and oxygen atoms in total. The average Bonchev–Trinajstić information content (AvgIpc) is 2.35. The molecular weight excluding hydrogens is 226 g/mol. The summed E-state index contributed by atoms with van der Waals surface area (Å²) >= 11 is 6.20. The van der Waals surface area contributed by atoms with Crippen LogP contribution in [0.4, 0.5) is 0 Å². The summed E-state index contributed by atoms with van der Waals surface area (Å²) in [4.78, 5) is 0. The molecule has 17 heavy (non-hydrogen) atoms. The van der Waals surface area contributed by atoms with Gasteiger partial charge < -0.3 is 0 Å². The zero-order valence-electron chi connectivity index (χ0n) is 10.3. The molecule has 0 aliphatic rings. The highest BCUT2D eigenvalue weighted by atomic mass is 35.5.